The van der Waals surface area contributed by atoms with Crippen molar-refractivity contribution in [2.75, 3.05) is 20.7 Å². The lowest BCUT2D eigenvalue weighted by Gasteiger charge is -2.11. The minimum absolute atomic E-state index is 0. The average molecular weight is 350 g/mol. The molecule has 0 atom stereocenters. The normalized spacial score (nSPS) is 10.4. The van der Waals surface area contributed by atoms with Crippen LogP contribution in [0.15, 0.2) is 23.3 Å². The third kappa shape index (κ3) is 5.20. The summed E-state index contributed by atoms with van der Waals surface area (Å²) in [6, 6.07) is 3.87. The molecule has 1 rings (SSSR count). The largest absolute Gasteiger partial charge is 0.478 e. The van der Waals surface area contributed by atoms with E-state index in [0.29, 0.717) is 19.0 Å². The topological polar surface area (TPSA) is 58.5 Å². The number of ether oxygens (including phenoxy) is 1. The lowest BCUT2D eigenvalue weighted by Crippen LogP contribution is -2.34. The van der Waals surface area contributed by atoms with Crippen LogP contribution in [0.25, 0.3) is 0 Å². The lowest BCUT2D eigenvalue weighted by atomic mass is 10.2. The van der Waals surface area contributed by atoms with Crippen molar-refractivity contribution in [3.05, 3.63) is 23.9 Å². The first-order chi connectivity index (χ1) is 7.81. The van der Waals surface area contributed by atoms with Crippen molar-refractivity contribution in [2.24, 2.45) is 4.99 Å². The van der Waals surface area contributed by atoms with Crippen molar-refractivity contribution in [1.29, 1.82) is 0 Å². The van der Waals surface area contributed by atoms with E-state index in [1.54, 1.807) is 13.2 Å². The van der Waals surface area contributed by atoms with Crippen LogP contribution in [0.2, 0.25) is 0 Å². The maximum absolute atomic E-state index is 5.43. The number of nitrogens with zero attached hydrogens (tertiary/aromatic N) is 2. The number of rotatable bonds is 4. The Balaban J connectivity index is 0.00000256. The Labute approximate surface area is 119 Å². The summed E-state index contributed by atoms with van der Waals surface area (Å²) in [7, 11) is 3.55. The number of aromatic nitrogens is 1. The number of halogens is 1. The van der Waals surface area contributed by atoms with Gasteiger partial charge in [0.1, 0.15) is 0 Å². The van der Waals surface area contributed by atoms with Crippen LogP contribution < -0.4 is 15.4 Å². The van der Waals surface area contributed by atoms with E-state index >= 15 is 0 Å². The van der Waals surface area contributed by atoms with E-state index in [-0.39, 0.29) is 24.0 Å². The van der Waals surface area contributed by atoms with Crippen molar-refractivity contribution in [3.63, 3.8) is 0 Å². The Morgan fingerprint density at radius 2 is 2.29 bits per heavy atom. The van der Waals surface area contributed by atoms with Gasteiger partial charge in [-0.3, -0.25) is 4.99 Å². The maximum atomic E-state index is 5.43. The predicted octanol–water partition coefficient (Wildman–Crippen LogP) is 1.39. The number of hydrogen-bond donors (Lipinski definition) is 2. The van der Waals surface area contributed by atoms with Crippen molar-refractivity contribution in [1.82, 2.24) is 15.6 Å². The summed E-state index contributed by atoms with van der Waals surface area (Å²) in [5, 5.41) is 6.10. The molecule has 5 nitrogen and oxygen atoms in total. The molecule has 0 unspecified atom stereocenters. The molecule has 0 aromatic carbocycles. The smallest absolute Gasteiger partial charge is 0.218 e. The quantitative estimate of drug-likeness (QED) is 0.490. The molecule has 0 saturated carbocycles. The Hall–Kier alpha value is -1.05. The van der Waals surface area contributed by atoms with Gasteiger partial charge in [0.25, 0.3) is 0 Å². The van der Waals surface area contributed by atoms with Gasteiger partial charge >= 0.3 is 0 Å². The first kappa shape index (κ1) is 16.0. The van der Waals surface area contributed by atoms with Gasteiger partial charge in [0.05, 0.1) is 6.61 Å². The van der Waals surface area contributed by atoms with Crippen LogP contribution in [-0.4, -0.2) is 31.6 Å². The molecule has 17 heavy (non-hydrogen) atoms. The highest BCUT2D eigenvalue weighted by Crippen LogP contribution is 2.13. The Morgan fingerprint density at radius 3 is 2.88 bits per heavy atom. The van der Waals surface area contributed by atoms with Gasteiger partial charge in [-0.1, -0.05) is 6.07 Å². The van der Waals surface area contributed by atoms with Crippen LogP contribution in [-0.2, 0) is 6.54 Å². The fourth-order valence-corrected chi connectivity index (χ4v) is 1.28. The third-order valence-corrected chi connectivity index (χ3v) is 2.04. The molecular formula is C11H19IN4O. The molecule has 0 aliphatic heterocycles. The number of nitrogens with one attached hydrogen (secondary N) is 2. The van der Waals surface area contributed by atoms with Gasteiger partial charge in [-0.15, -0.1) is 24.0 Å². The Morgan fingerprint density at radius 1 is 1.53 bits per heavy atom. The number of pyridine rings is 1. The molecule has 0 bridgehead atoms. The van der Waals surface area contributed by atoms with Crippen LogP contribution in [0.1, 0.15) is 12.5 Å². The molecule has 1 aromatic heterocycles. The Bertz CT molecular complexity index is 357. The van der Waals surface area contributed by atoms with E-state index in [9.17, 15) is 0 Å². The minimum Gasteiger partial charge on any atom is -0.478 e. The first-order valence-electron chi connectivity index (χ1n) is 5.26. The highest BCUT2D eigenvalue weighted by molar-refractivity contribution is 14.0. The van der Waals surface area contributed by atoms with Gasteiger partial charge < -0.3 is 15.4 Å². The second kappa shape index (κ2) is 9.03. The van der Waals surface area contributed by atoms with Crippen LogP contribution in [0.5, 0.6) is 5.88 Å². The van der Waals surface area contributed by atoms with Crippen LogP contribution in [0.3, 0.4) is 0 Å². The molecule has 0 amide bonds. The van der Waals surface area contributed by atoms with Crippen LogP contribution in [0, 0.1) is 0 Å². The van der Waals surface area contributed by atoms with Crippen molar-refractivity contribution in [2.45, 2.75) is 13.5 Å². The molecule has 1 aromatic rings. The fraction of sp³-hybridized carbons (Fsp3) is 0.455. The van der Waals surface area contributed by atoms with Gasteiger partial charge in [0.15, 0.2) is 5.96 Å². The van der Waals surface area contributed by atoms with Gasteiger partial charge in [-0.05, 0) is 13.0 Å². The van der Waals surface area contributed by atoms with Gasteiger partial charge in [0, 0.05) is 32.4 Å². The van der Waals surface area contributed by atoms with E-state index in [1.807, 2.05) is 26.1 Å². The van der Waals surface area contributed by atoms with Gasteiger partial charge in [-0.25, -0.2) is 4.98 Å². The molecule has 0 aliphatic rings. The summed E-state index contributed by atoms with van der Waals surface area (Å²) >= 11 is 0. The van der Waals surface area contributed by atoms with E-state index in [2.05, 4.69) is 20.6 Å². The second-order valence-corrected chi connectivity index (χ2v) is 3.08. The number of aliphatic imine (C=N–C) groups is 1. The second-order valence-electron chi connectivity index (χ2n) is 3.08. The summed E-state index contributed by atoms with van der Waals surface area (Å²) in [4.78, 5) is 8.21. The van der Waals surface area contributed by atoms with Crippen molar-refractivity contribution < 1.29 is 4.74 Å². The minimum atomic E-state index is 0. The van der Waals surface area contributed by atoms with E-state index in [1.165, 1.54) is 0 Å². The first-order valence-corrected chi connectivity index (χ1v) is 5.26. The van der Waals surface area contributed by atoms with Crippen molar-refractivity contribution in [3.8, 4) is 5.88 Å². The Kier molecular flexibility index (Phi) is 8.47. The van der Waals surface area contributed by atoms with E-state index in [4.69, 9.17) is 4.74 Å². The monoisotopic (exact) mass is 350 g/mol. The maximum Gasteiger partial charge on any atom is 0.218 e. The third-order valence-electron chi connectivity index (χ3n) is 2.04. The van der Waals surface area contributed by atoms with Gasteiger partial charge in [0.2, 0.25) is 5.88 Å². The zero-order valence-corrected chi connectivity index (χ0v) is 12.7. The van der Waals surface area contributed by atoms with E-state index < -0.39 is 0 Å². The summed E-state index contributed by atoms with van der Waals surface area (Å²) in [5.41, 5.74) is 1.01. The zero-order chi connectivity index (χ0) is 11.8. The van der Waals surface area contributed by atoms with Gasteiger partial charge in [-0.2, -0.15) is 0 Å². The summed E-state index contributed by atoms with van der Waals surface area (Å²) in [5.74, 6) is 1.41. The lowest BCUT2D eigenvalue weighted by molar-refractivity contribution is 0.322. The summed E-state index contributed by atoms with van der Waals surface area (Å²) in [6.45, 7) is 3.19. The highest BCUT2D eigenvalue weighted by atomic mass is 127. The zero-order valence-electron chi connectivity index (χ0n) is 10.4. The molecule has 0 saturated heterocycles. The molecule has 0 spiro atoms. The molecule has 1 heterocycles. The molecule has 0 aliphatic carbocycles. The predicted molar refractivity (Wildman–Crippen MR) is 80.1 cm³/mol. The summed E-state index contributed by atoms with van der Waals surface area (Å²) < 4.78 is 5.43. The summed E-state index contributed by atoms with van der Waals surface area (Å²) in [6.07, 6.45) is 1.72. The molecule has 0 radical (unpaired) electrons. The standard InChI is InChI=1S/C11H18N4O.HI/c1-4-16-10-9(6-5-7-14-10)8-15-11(12-2)13-3;/h5-7H,4,8H2,1-3H3,(H2,12,13,15);1H. The molecule has 2 N–H and O–H groups in total. The van der Waals surface area contributed by atoms with Crippen LogP contribution >= 0.6 is 24.0 Å². The van der Waals surface area contributed by atoms with E-state index in [0.717, 1.165) is 11.5 Å². The van der Waals surface area contributed by atoms with Crippen LogP contribution in [0.4, 0.5) is 0 Å². The fourth-order valence-electron chi connectivity index (χ4n) is 1.28. The molecule has 96 valence electrons. The van der Waals surface area contributed by atoms with Crippen molar-refractivity contribution >= 4 is 29.9 Å². The highest BCUT2D eigenvalue weighted by Gasteiger charge is 2.04. The molecule has 6 heteroatoms. The average Bonchev–Trinajstić information content (AvgIpc) is 2.33. The number of hydrogen-bond acceptors (Lipinski definition) is 3. The number of guanidine groups is 1. The SMILES string of the molecule is CCOc1ncccc1CNC(=NC)NC.I. The molecule has 0 fully saturated rings. The molecular weight excluding hydrogens is 331 g/mol.